The lowest BCUT2D eigenvalue weighted by Crippen LogP contribution is -2.63. The second-order valence-corrected chi connectivity index (χ2v) is 18.1. The molecule has 3 fully saturated rings. The molecule has 0 saturated carbocycles. The number of hydroxylamine groups is 6. The molecule has 3 rings (SSSR count). The zero-order valence-electron chi connectivity index (χ0n) is 35.0. The molecular weight excluding hydrogens is 708 g/mol. The van der Waals surface area contributed by atoms with Crippen LogP contribution in [0.2, 0.25) is 0 Å². The minimum absolute atomic E-state index is 0.0176. The van der Waals surface area contributed by atoms with Crippen LogP contribution in [0, 0.1) is 28.2 Å². The molecule has 0 aromatic heterocycles. The first-order valence-corrected chi connectivity index (χ1v) is 19.5. The van der Waals surface area contributed by atoms with E-state index in [1.165, 1.54) is 49.0 Å². The van der Waals surface area contributed by atoms with Crippen molar-refractivity contribution in [2.75, 3.05) is 34.8 Å². The van der Waals surface area contributed by atoms with Gasteiger partial charge in [0.25, 0.3) is 0 Å². The second kappa shape index (κ2) is 17.4. The van der Waals surface area contributed by atoms with E-state index in [-0.39, 0.29) is 32.2 Å². The number of likely N-dealkylation sites (N-methyl/N-ethyl adjacent to an activating group) is 2. The molecule has 0 aliphatic carbocycles. The summed E-state index contributed by atoms with van der Waals surface area (Å²) < 4.78 is 35.3. The quantitative estimate of drug-likeness (QED) is 0.108. The monoisotopic (exact) mass is 780 g/mol. The highest BCUT2D eigenvalue weighted by atomic mass is 16.7. The minimum atomic E-state index is -2.02. The highest BCUT2D eigenvalue weighted by Gasteiger charge is 2.54. The number of methoxy groups -OCH3 is 1. The number of hydrogen-bond acceptors (Lipinski definition) is 14. The molecule has 9 unspecified atom stereocenters. The van der Waals surface area contributed by atoms with Gasteiger partial charge in [-0.25, -0.2) is 0 Å². The average molecular weight is 781 g/mol. The summed E-state index contributed by atoms with van der Waals surface area (Å²) in [6.07, 6.45) is -10.8. The predicted octanol–water partition coefficient (Wildman–Crippen LogP) is 1.93. The van der Waals surface area contributed by atoms with E-state index in [1.54, 1.807) is 48.5 Å². The zero-order valence-corrected chi connectivity index (χ0v) is 35.0. The summed E-state index contributed by atoms with van der Waals surface area (Å²) in [6, 6.07) is -1.89. The van der Waals surface area contributed by atoms with Crippen LogP contribution in [0.3, 0.4) is 0 Å². The van der Waals surface area contributed by atoms with Crippen LogP contribution >= 0.6 is 0 Å². The third kappa shape index (κ3) is 10.3. The smallest absolute Gasteiger partial charge is 0.311 e. The Bertz CT molecular complexity index is 1230. The molecule has 0 amide bonds. The van der Waals surface area contributed by atoms with Crippen LogP contribution in [-0.2, 0) is 33.2 Å². The van der Waals surface area contributed by atoms with Gasteiger partial charge in [0.15, 0.2) is 18.7 Å². The summed E-state index contributed by atoms with van der Waals surface area (Å²) in [5.74, 6) is -3.31. The molecule has 3 aliphatic heterocycles. The molecule has 0 aromatic carbocycles. The van der Waals surface area contributed by atoms with Gasteiger partial charge in [-0.1, -0.05) is 20.8 Å². The Morgan fingerprint density at radius 3 is 2.09 bits per heavy atom. The van der Waals surface area contributed by atoms with Crippen LogP contribution in [0.25, 0.3) is 0 Å². The van der Waals surface area contributed by atoms with Gasteiger partial charge in [-0.3, -0.25) is 4.79 Å². The molecule has 0 radical (unpaired) electrons. The molecule has 5 N–H and O–H groups in total. The van der Waals surface area contributed by atoms with Crippen molar-refractivity contribution in [2.45, 2.75) is 185 Å². The third-order valence-electron chi connectivity index (χ3n) is 12.6. The summed E-state index contributed by atoms with van der Waals surface area (Å²) >= 11 is 0. The van der Waals surface area contributed by atoms with Crippen LogP contribution in [-0.4, -0.2) is 166 Å². The van der Waals surface area contributed by atoms with Gasteiger partial charge in [-0.05, 0) is 61.3 Å². The predicted molar refractivity (Wildman–Crippen MR) is 198 cm³/mol. The van der Waals surface area contributed by atoms with Crippen LogP contribution in [0.1, 0.15) is 94.9 Å². The van der Waals surface area contributed by atoms with E-state index in [0.29, 0.717) is 0 Å². The lowest BCUT2D eigenvalue weighted by molar-refractivity contribution is -0.892. The number of esters is 1. The summed E-state index contributed by atoms with van der Waals surface area (Å²) in [6.45, 7) is 16.2. The first-order chi connectivity index (χ1) is 24.5. The maximum absolute atomic E-state index is 14.2. The molecule has 54 heavy (non-hydrogen) atoms. The second-order valence-electron chi connectivity index (χ2n) is 18.1. The number of aliphatic hydroxyl groups excluding tert-OH is 3. The number of ether oxygens (including phenoxy) is 6. The zero-order chi connectivity index (χ0) is 41.5. The van der Waals surface area contributed by atoms with E-state index in [0.717, 1.165) is 0 Å². The van der Waals surface area contributed by atoms with Crippen molar-refractivity contribution in [3.05, 3.63) is 10.4 Å². The molecule has 3 aliphatic rings. The van der Waals surface area contributed by atoms with E-state index in [9.17, 15) is 40.7 Å². The van der Waals surface area contributed by atoms with Crippen molar-refractivity contribution >= 4 is 5.97 Å². The fourth-order valence-corrected chi connectivity index (χ4v) is 9.03. The van der Waals surface area contributed by atoms with Gasteiger partial charge in [0, 0.05) is 31.8 Å². The molecule has 0 spiro atoms. The van der Waals surface area contributed by atoms with Crippen molar-refractivity contribution < 1.29 is 68.0 Å². The summed E-state index contributed by atoms with van der Waals surface area (Å²) in [7, 11) is 5.71. The molecule has 16 nitrogen and oxygen atoms in total. The fraction of sp³-hybridized carbons (Fsp3) is 0.974. The van der Waals surface area contributed by atoms with Crippen LogP contribution < -0.4 is 0 Å². The largest absolute Gasteiger partial charge is 0.633 e. The third-order valence-corrected chi connectivity index (χ3v) is 12.6. The molecular formula is C38H72N2O14. The van der Waals surface area contributed by atoms with Gasteiger partial charge in [0.2, 0.25) is 0 Å². The standard InChI is InChI=1S/C38H72N2O14/c1-15-27-38(10,46)31(42)24(6)40(13,48)19-20(2)17-36(8,45)33(54-35-29(41)26(39(11,12)47)16-21(3)50-35)22(4)30(23(5)34(44)52-27)53-28-18-37(9,49-14)32(43)25(7)51-28/h20-33,35,41-43,45-46H,15-19H2,1-14H3/t20-,21?,22+,23-,24-,25?,26?,27-,28?,29?,30+,31-,32?,33-,35?,36-,37?,38-,40?/m1/s1. The van der Waals surface area contributed by atoms with E-state index >= 15 is 0 Å². The van der Waals surface area contributed by atoms with Crippen molar-refractivity contribution in [1.29, 1.82) is 0 Å². The number of carbonyl (C=O) groups is 1. The van der Waals surface area contributed by atoms with Crippen LogP contribution in [0.15, 0.2) is 0 Å². The number of quaternary nitrogens is 2. The van der Waals surface area contributed by atoms with E-state index < -0.39 is 123 Å². The molecule has 16 heteroatoms. The average Bonchev–Trinajstić information content (AvgIpc) is 3.05. The topological polar surface area (TPSA) is 220 Å². The Balaban J connectivity index is 2.22. The first-order valence-electron chi connectivity index (χ1n) is 19.5. The van der Waals surface area contributed by atoms with Crippen molar-refractivity contribution in [3.63, 3.8) is 0 Å². The maximum Gasteiger partial charge on any atom is 0.311 e. The number of cyclic esters (lactones) is 1. The molecule has 318 valence electrons. The van der Waals surface area contributed by atoms with Gasteiger partial charge >= 0.3 is 5.97 Å². The molecule has 0 bridgehead atoms. The van der Waals surface area contributed by atoms with E-state index in [4.69, 9.17) is 28.4 Å². The number of carbonyl (C=O) groups excluding carboxylic acids is 1. The van der Waals surface area contributed by atoms with Crippen LogP contribution in [0.4, 0.5) is 0 Å². The number of rotatable bonds is 7. The van der Waals surface area contributed by atoms with Gasteiger partial charge in [0.05, 0.1) is 69.2 Å². The molecule has 3 heterocycles. The maximum atomic E-state index is 14.2. The van der Waals surface area contributed by atoms with Crippen molar-refractivity contribution in [2.24, 2.45) is 17.8 Å². The summed E-state index contributed by atoms with van der Waals surface area (Å²) in [5, 5.41) is 85.4. The lowest BCUT2D eigenvalue weighted by atomic mass is 9.77. The Morgan fingerprint density at radius 1 is 0.963 bits per heavy atom. The summed E-state index contributed by atoms with van der Waals surface area (Å²) in [5.41, 5.74) is -4.88. The Kier molecular flexibility index (Phi) is 15.2. The lowest BCUT2D eigenvalue weighted by Gasteiger charge is -2.51. The Labute approximate surface area is 321 Å². The number of hydrogen-bond donors (Lipinski definition) is 5. The Hall–Kier alpha value is -1.09. The van der Waals surface area contributed by atoms with Gasteiger partial charge in [-0.2, -0.15) is 0 Å². The molecule has 19 atom stereocenters. The highest BCUT2D eigenvalue weighted by Crippen LogP contribution is 2.41. The van der Waals surface area contributed by atoms with Crippen molar-refractivity contribution in [1.82, 2.24) is 0 Å². The summed E-state index contributed by atoms with van der Waals surface area (Å²) in [4.78, 5) is 14.2. The number of nitrogens with zero attached hydrogens (tertiary/aromatic N) is 2. The first kappa shape index (κ1) is 47.3. The molecule has 3 saturated heterocycles. The highest BCUT2D eigenvalue weighted by molar-refractivity contribution is 5.73. The van der Waals surface area contributed by atoms with E-state index in [1.807, 2.05) is 0 Å². The van der Waals surface area contributed by atoms with Crippen LogP contribution in [0.5, 0.6) is 0 Å². The minimum Gasteiger partial charge on any atom is -0.633 e. The molecule has 0 aromatic rings. The normalized spacial score (nSPS) is 50.8. The van der Waals surface area contributed by atoms with Gasteiger partial charge in [-0.15, -0.1) is 0 Å². The SMILES string of the molecule is CC[C@H]1OC(=O)[C@H](C)[C@@H](OC2CC(C)(OC)C(O)C(C)O2)[C@H](C)[C@@H](OC2OC(C)CC([N+](C)(C)[O-])C2O)[C@](C)(O)C[C@@H](C)C[N+](C)([O-])[C@H](C)[C@@H](O)[C@]1(C)O. The Morgan fingerprint density at radius 2 is 1.56 bits per heavy atom. The van der Waals surface area contributed by atoms with E-state index in [2.05, 4.69) is 0 Å². The number of aliphatic hydroxyl groups is 5. The van der Waals surface area contributed by atoms with Gasteiger partial charge < -0.3 is 73.7 Å². The van der Waals surface area contributed by atoms with Gasteiger partial charge in [0.1, 0.15) is 36.0 Å². The van der Waals surface area contributed by atoms with Crippen molar-refractivity contribution in [3.8, 4) is 0 Å². The fourth-order valence-electron chi connectivity index (χ4n) is 9.03.